The Morgan fingerprint density at radius 1 is 1.55 bits per heavy atom. The molecule has 0 radical (unpaired) electrons. The summed E-state index contributed by atoms with van der Waals surface area (Å²) >= 11 is 0. The third kappa shape index (κ3) is 3.49. The number of nitrogens with zero attached hydrogens (tertiary/aromatic N) is 1. The first-order valence-corrected chi connectivity index (χ1v) is 6.82. The van der Waals surface area contributed by atoms with E-state index in [0.717, 1.165) is 23.4 Å². The van der Waals surface area contributed by atoms with E-state index in [1.54, 1.807) is 19.1 Å². The van der Waals surface area contributed by atoms with Crippen LogP contribution in [0.15, 0.2) is 18.2 Å². The van der Waals surface area contributed by atoms with Gasteiger partial charge in [0.2, 0.25) is 0 Å². The molecule has 0 saturated carbocycles. The van der Waals surface area contributed by atoms with Crippen LogP contribution in [-0.4, -0.2) is 50.8 Å². The number of carbonyl (C=O) groups excluding carboxylic acids is 1. The molecule has 1 unspecified atom stereocenters. The molecule has 1 N–H and O–H groups in total. The topological polar surface area (TPSA) is 50.8 Å². The second-order valence-corrected chi connectivity index (χ2v) is 5.06. The molecular formula is C15H22N2O3. The van der Waals surface area contributed by atoms with Gasteiger partial charge in [0.1, 0.15) is 11.9 Å². The lowest BCUT2D eigenvalue weighted by Crippen LogP contribution is -2.48. The Balaban J connectivity index is 1.98. The Morgan fingerprint density at radius 2 is 2.35 bits per heavy atom. The molecule has 1 atom stereocenters. The van der Waals surface area contributed by atoms with E-state index >= 15 is 0 Å². The van der Waals surface area contributed by atoms with E-state index in [-0.39, 0.29) is 12.0 Å². The maximum Gasteiger partial charge on any atom is 0.253 e. The number of morpholine rings is 1. The van der Waals surface area contributed by atoms with E-state index in [1.165, 1.54) is 0 Å². The number of nitrogens with one attached hydrogen (secondary N) is 1. The molecule has 1 aliphatic heterocycles. The number of aryl methyl sites for hydroxylation is 1. The molecule has 5 nitrogen and oxygen atoms in total. The molecule has 0 spiro atoms. The highest BCUT2D eigenvalue weighted by Gasteiger charge is 2.24. The van der Waals surface area contributed by atoms with Crippen molar-refractivity contribution in [1.29, 1.82) is 0 Å². The first kappa shape index (κ1) is 14.8. The Bertz CT molecular complexity index is 470. The Morgan fingerprint density at radius 3 is 2.95 bits per heavy atom. The SMILES string of the molecule is COc1ccc(CN(C)C(=O)C2CNCCO2)cc1C. The van der Waals surface area contributed by atoms with Crippen LogP contribution >= 0.6 is 0 Å². The molecule has 20 heavy (non-hydrogen) atoms. The molecule has 1 aromatic carbocycles. The van der Waals surface area contributed by atoms with Gasteiger partial charge in [0, 0.05) is 26.7 Å². The molecule has 0 aromatic heterocycles. The minimum atomic E-state index is -0.368. The van der Waals surface area contributed by atoms with Crippen LogP contribution in [0.5, 0.6) is 5.75 Å². The zero-order valence-electron chi connectivity index (χ0n) is 12.3. The molecule has 0 aliphatic carbocycles. The first-order valence-electron chi connectivity index (χ1n) is 6.82. The summed E-state index contributed by atoms with van der Waals surface area (Å²) < 4.78 is 10.7. The zero-order chi connectivity index (χ0) is 14.5. The smallest absolute Gasteiger partial charge is 0.253 e. The summed E-state index contributed by atoms with van der Waals surface area (Å²) in [5, 5.41) is 3.17. The quantitative estimate of drug-likeness (QED) is 0.891. The van der Waals surface area contributed by atoms with Crippen molar-refractivity contribution in [3.05, 3.63) is 29.3 Å². The predicted molar refractivity (Wildman–Crippen MR) is 76.8 cm³/mol. The molecule has 5 heteroatoms. The fourth-order valence-corrected chi connectivity index (χ4v) is 2.36. The molecule has 1 amide bonds. The summed E-state index contributed by atoms with van der Waals surface area (Å²) in [6.07, 6.45) is -0.368. The lowest BCUT2D eigenvalue weighted by Gasteiger charge is -2.27. The number of benzene rings is 1. The molecule has 1 saturated heterocycles. The number of hydrogen-bond donors (Lipinski definition) is 1. The summed E-state index contributed by atoms with van der Waals surface area (Å²) in [5.74, 6) is 0.883. The lowest BCUT2D eigenvalue weighted by atomic mass is 10.1. The number of amides is 1. The second kappa shape index (κ2) is 6.72. The lowest BCUT2D eigenvalue weighted by molar-refractivity contribution is -0.144. The van der Waals surface area contributed by atoms with Gasteiger partial charge in [0.15, 0.2) is 0 Å². The van der Waals surface area contributed by atoms with Crippen molar-refractivity contribution in [3.63, 3.8) is 0 Å². The van der Waals surface area contributed by atoms with Gasteiger partial charge in [-0.1, -0.05) is 12.1 Å². The molecule has 1 aromatic rings. The molecular weight excluding hydrogens is 256 g/mol. The predicted octanol–water partition coefficient (Wildman–Crippen LogP) is 0.950. The van der Waals surface area contributed by atoms with E-state index in [2.05, 4.69) is 5.32 Å². The van der Waals surface area contributed by atoms with E-state index in [9.17, 15) is 4.79 Å². The van der Waals surface area contributed by atoms with Crippen LogP contribution in [0.25, 0.3) is 0 Å². The monoisotopic (exact) mass is 278 g/mol. The van der Waals surface area contributed by atoms with E-state index < -0.39 is 0 Å². The third-order valence-corrected chi connectivity index (χ3v) is 3.46. The highest BCUT2D eigenvalue weighted by atomic mass is 16.5. The standard InChI is InChI=1S/C15H22N2O3/c1-11-8-12(4-5-13(11)19-3)10-17(2)15(18)14-9-16-6-7-20-14/h4-5,8,14,16H,6-7,9-10H2,1-3H3. The van der Waals surface area contributed by atoms with Gasteiger partial charge in [0.05, 0.1) is 13.7 Å². The number of ether oxygens (including phenoxy) is 2. The third-order valence-electron chi connectivity index (χ3n) is 3.46. The first-order chi connectivity index (χ1) is 9.61. The van der Waals surface area contributed by atoms with Crippen molar-refractivity contribution >= 4 is 5.91 Å². The van der Waals surface area contributed by atoms with Crippen LogP contribution in [0.3, 0.4) is 0 Å². The van der Waals surface area contributed by atoms with Gasteiger partial charge in [-0.2, -0.15) is 0 Å². The minimum absolute atomic E-state index is 0.0191. The van der Waals surface area contributed by atoms with Gasteiger partial charge in [-0.3, -0.25) is 4.79 Å². The zero-order valence-corrected chi connectivity index (χ0v) is 12.3. The highest BCUT2D eigenvalue weighted by molar-refractivity contribution is 5.81. The summed E-state index contributed by atoms with van der Waals surface area (Å²) in [5.41, 5.74) is 2.16. The average molecular weight is 278 g/mol. The van der Waals surface area contributed by atoms with Crippen LogP contribution < -0.4 is 10.1 Å². The van der Waals surface area contributed by atoms with Gasteiger partial charge in [-0.05, 0) is 24.1 Å². The second-order valence-electron chi connectivity index (χ2n) is 5.06. The minimum Gasteiger partial charge on any atom is -0.496 e. The molecule has 1 fully saturated rings. The number of hydrogen-bond acceptors (Lipinski definition) is 4. The van der Waals surface area contributed by atoms with E-state index in [4.69, 9.17) is 9.47 Å². The van der Waals surface area contributed by atoms with Crippen molar-refractivity contribution in [2.45, 2.75) is 19.6 Å². The van der Waals surface area contributed by atoms with Gasteiger partial charge < -0.3 is 19.7 Å². The number of methoxy groups -OCH3 is 1. The van der Waals surface area contributed by atoms with Gasteiger partial charge in [-0.25, -0.2) is 0 Å². The number of rotatable bonds is 4. The van der Waals surface area contributed by atoms with Crippen molar-refractivity contribution in [3.8, 4) is 5.75 Å². The van der Waals surface area contributed by atoms with Crippen molar-refractivity contribution in [2.24, 2.45) is 0 Å². The van der Waals surface area contributed by atoms with Crippen LogP contribution in [0.1, 0.15) is 11.1 Å². The molecule has 2 rings (SSSR count). The highest BCUT2D eigenvalue weighted by Crippen LogP contribution is 2.19. The molecule has 0 bridgehead atoms. The largest absolute Gasteiger partial charge is 0.496 e. The van der Waals surface area contributed by atoms with Crippen LogP contribution in [0, 0.1) is 6.92 Å². The maximum atomic E-state index is 12.2. The number of likely N-dealkylation sites (N-methyl/N-ethyl adjacent to an activating group) is 1. The molecule has 1 aliphatic rings. The van der Waals surface area contributed by atoms with Crippen LogP contribution in [0.4, 0.5) is 0 Å². The summed E-state index contributed by atoms with van der Waals surface area (Å²) in [7, 11) is 3.46. The van der Waals surface area contributed by atoms with E-state index in [1.807, 2.05) is 25.1 Å². The maximum absolute atomic E-state index is 12.2. The fraction of sp³-hybridized carbons (Fsp3) is 0.533. The Hall–Kier alpha value is -1.59. The molecule has 110 valence electrons. The Kier molecular flexibility index (Phi) is 4.98. The van der Waals surface area contributed by atoms with Crippen molar-refractivity contribution in [2.75, 3.05) is 33.9 Å². The Labute approximate surface area is 119 Å². The fourth-order valence-electron chi connectivity index (χ4n) is 2.36. The van der Waals surface area contributed by atoms with Crippen LogP contribution in [0.2, 0.25) is 0 Å². The summed E-state index contributed by atoms with van der Waals surface area (Å²) in [4.78, 5) is 14.0. The van der Waals surface area contributed by atoms with Crippen LogP contribution in [-0.2, 0) is 16.1 Å². The molecule has 1 heterocycles. The van der Waals surface area contributed by atoms with E-state index in [0.29, 0.717) is 19.7 Å². The summed E-state index contributed by atoms with van der Waals surface area (Å²) in [6, 6.07) is 5.96. The average Bonchev–Trinajstić information content (AvgIpc) is 2.47. The number of carbonyl (C=O) groups is 1. The normalized spacial score (nSPS) is 18.6. The van der Waals surface area contributed by atoms with Crippen molar-refractivity contribution < 1.29 is 14.3 Å². The van der Waals surface area contributed by atoms with Gasteiger partial charge in [0.25, 0.3) is 5.91 Å². The van der Waals surface area contributed by atoms with Crippen molar-refractivity contribution in [1.82, 2.24) is 10.2 Å². The van der Waals surface area contributed by atoms with Gasteiger partial charge in [-0.15, -0.1) is 0 Å². The van der Waals surface area contributed by atoms with Gasteiger partial charge >= 0.3 is 0 Å². The summed E-state index contributed by atoms with van der Waals surface area (Å²) in [6.45, 7) is 4.56.